The first-order valence-corrected chi connectivity index (χ1v) is 17.0. The highest BCUT2D eigenvalue weighted by atomic mass is 35.5. The Morgan fingerprint density at radius 1 is 1.00 bits per heavy atom. The Labute approximate surface area is 307 Å². The lowest BCUT2D eigenvalue weighted by Gasteiger charge is -2.17. The smallest absolute Gasteiger partial charge is 0.433 e. The van der Waals surface area contributed by atoms with E-state index in [0.29, 0.717) is 51.5 Å². The van der Waals surface area contributed by atoms with Gasteiger partial charge >= 0.3 is 11.9 Å². The van der Waals surface area contributed by atoms with Gasteiger partial charge in [-0.1, -0.05) is 73.4 Å². The average molecular weight is 764 g/mol. The van der Waals surface area contributed by atoms with Crippen molar-refractivity contribution in [2.75, 3.05) is 25.6 Å². The molecule has 0 saturated carbocycles. The van der Waals surface area contributed by atoms with Crippen molar-refractivity contribution in [1.29, 1.82) is 0 Å². The molecule has 1 fully saturated rings. The van der Waals surface area contributed by atoms with Gasteiger partial charge in [0.25, 0.3) is 5.56 Å². The van der Waals surface area contributed by atoms with Gasteiger partial charge in [-0.25, -0.2) is 14.8 Å². The first-order chi connectivity index (χ1) is 24.8. The normalized spacial score (nSPS) is 14.2. The van der Waals surface area contributed by atoms with Crippen LogP contribution in [0.1, 0.15) is 37.9 Å². The summed E-state index contributed by atoms with van der Waals surface area (Å²) in [7, 11) is 3.98. The number of aromatic nitrogens is 4. The average Bonchev–Trinajstić information content (AvgIpc) is 3.14. The van der Waals surface area contributed by atoms with Crippen molar-refractivity contribution in [1.82, 2.24) is 19.1 Å². The van der Waals surface area contributed by atoms with Gasteiger partial charge in [0, 0.05) is 49.5 Å². The molecule has 2 aromatic carbocycles. The Morgan fingerprint density at radius 2 is 1.65 bits per heavy atom. The van der Waals surface area contributed by atoms with E-state index in [1.54, 1.807) is 42.5 Å². The number of methoxy groups -OCH3 is 1. The summed E-state index contributed by atoms with van der Waals surface area (Å²) < 4.78 is 53.4. The number of aliphatic hydroxyl groups is 1. The number of rotatable bonds is 6. The van der Waals surface area contributed by atoms with Crippen LogP contribution in [0, 0.1) is 0 Å². The first-order valence-electron chi connectivity index (χ1n) is 16.3. The van der Waals surface area contributed by atoms with Gasteiger partial charge in [0.1, 0.15) is 16.9 Å². The van der Waals surface area contributed by atoms with Crippen LogP contribution in [-0.4, -0.2) is 50.6 Å². The number of ether oxygens (including phenoxy) is 2. The fourth-order valence-electron chi connectivity index (χ4n) is 5.40. The molecule has 278 valence electrons. The molecule has 4 heterocycles. The molecular formula is C36H39Cl2F3N6O5. The molecule has 52 heavy (non-hydrogen) atoms. The lowest BCUT2D eigenvalue weighted by molar-refractivity contribution is -0.141. The number of aryl methyl sites for hydroxylation is 1. The third-order valence-electron chi connectivity index (χ3n) is 8.05. The summed E-state index contributed by atoms with van der Waals surface area (Å²) in [5.41, 5.74) is 5.52. The fraction of sp³-hybridized carbons (Fsp3) is 0.333. The van der Waals surface area contributed by atoms with E-state index in [1.165, 1.54) is 27.3 Å². The van der Waals surface area contributed by atoms with Crippen LogP contribution < -0.4 is 27.0 Å². The Bertz CT molecular complexity index is 2170. The Balaban J connectivity index is 0.000000594. The topological polar surface area (TPSA) is 147 Å². The highest BCUT2D eigenvalue weighted by Gasteiger charge is 2.34. The van der Waals surface area contributed by atoms with Crippen molar-refractivity contribution in [3.05, 3.63) is 96.7 Å². The molecule has 3 aromatic heterocycles. The monoisotopic (exact) mass is 762 g/mol. The number of pyridine rings is 2. The van der Waals surface area contributed by atoms with E-state index >= 15 is 0 Å². The van der Waals surface area contributed by atoms with E-state index in [-0.39, 0.29) is 34.3 Å². The van der Waals surface area contributed by atoms with Crippen LogP contribution in [0.3, 0.4) is 0 Å². The van der Waals surface area contributed by atoms with E-state index in [9.17, 15) is 22.8 Å². The number of anilines is 2. The van der Waals surface area contributed by atoms with Gasteiger partial charge in [0.15, 0.2) is 0 Å². The van der Waals surface area contributed by atoms with E-state index in [4.69, 9.17) is 43.5 Å². The zero-order valence-electron chi connectivity index (χ0n) is 29.1. The second-order valence-electron chi connectivity index (χ2n) is 11.4. The number of nitrogens with one attached hydrogen (secondary N) is 1. The first kappa shape index (κ1) is 40.3. The van der Waals surface area contributed by atoms with Crippen molar-refractivity contribution < 1.29 is 27.8 Å². The van der Waals surface area contributed by atoms with Crippen molar-refractivity contribution in [2.24, 2.45) is 19.8 Å². The maximum atomic E-state index is 13.8. The summed E-state index contributed by atoms with van der Waals surface area (Å²) in [6, 6.07) is 14.3. The Morgan fingerprint density at radius 3 is 2.23 bits per heavy atom. The molecule has 6 rings (SSSR count). The maximum Gasteiger partial charge on any atom is 0.433 e. The van der Waals surface area contributed by atoms with Crippen molar-refractivity contribution in [3.8, 4) is 28.3 Å². The molecule has 0 spiro atoms. The van der Waals surface area contributed by atoms with Gasteiger partial charge in [-0.15, -0.1) is 0 Å². The molecule has 1 aliphatic heterocycles. The standard InChI is InChI=1S/C29H23Cl2F3N6O3.C5H10O2.C2H6/c1-39-20-12-21(29(32,33)34)38-25(22(20)27(41)40(2)28(39)42)36-19-9-5-7-16(24(19)31)15-6-4-8-17(23(15)30)18-11-10-14(13-35)26(37-18)43-3;6-5-2-1-3-7-4-5;1-2/h4-12H,13,35H2,1-3H3,(H,36,38);5-6H,1-4H2;1-2H3. The minimum atomic E-state index is -4.86. The lowest BCUT2D eigenvalue weighted by Crippen LogP contribution is -2.37. The van der Waals surface area contributed by atoms with Crippen LogP contribution in [0.15, 0.2) is 64.2 Å². The second-order valence-corrected chi connectivity index (χ2v) is 12.1. The van der Waals surface area contributed by atoms with Gasteiger partial charge < -0.3 is 25.6 Å². The van der Waals surface area contributed by atoms with Crippen LogP contribution in [0.4, 0.5) is 24.7 Å². The highest BCUT2D eigenvalue weighted by Crippen LogP contribution is 2.42. The number of nitrogens with zero attached hydrogens (tertiary/aromatic N) is 4. The SMILES string of the molecule is CC.COc1nc(-c2cccc(-c3cccc(Nc4nc(C(F)(F)F)cc5c4c(=O)n(C)c(=O)n5C)c3Cl)c2Cl)ccc1CN.OC1CCCOC1. The summed E-state index contributed by atoms with van der Waals surface area (Å²) in [6.45, 7) is 5.61. The van der Waals surface area contributed by atoms with Crippen LogP contribution in [0.5, 0.6) is 5.88 Å². The maximum absolute atomic E-state index is 13.8. The molecule has 5 aromatic rings. The van der Waals surface area contributed by atoms with Crippen LogP contribution in [0.2, 0.25) is 10.0 Å². The molecular weight excluding hydrogens is 724 g/mol. The van der Waals surface area contributed by atoms with Gasteiger partial charge in [-0.05, 0) is 31.0 Å². The summed E-state index contributed by atoms with van der Waals surface area (Å²) in [6.07, 6.45) is -3.12. The number of aliphatic hydroxyl groups excluding tert-OH is 1. The zero-order chi connectivity index (χ0) is 38.3. The van der Waals surface area contributed by atoms with Crippen LogP contribution >= 0.6 is 23.2 Å². The minimum Gasteiger partial charge on any atom is -0.481 e. The predicted octanol–water partition coefficient (Wildman–Crippen LogP) is 7.08. The largest absolute Gasteiger partial charge is 0.481 e. The van der Waals surface area contributed by atoms with E-state index in [1.807, 2.05) is 13.8 Å². The molecule has 4 N–H and O–H groups in total. The molecule has 1 saturated heterocycles. The minimum absolute atomic E-state index is 0.0968. The summed E-state index contributed by atoms with van der Waals surface area (Å²) in [4.78, 5) is 33.8. The van der Waals surface area contributed by atoms with Crippen LogP contribution in [0.25, 0.3) is 33.3 Å². The van der Waals surface area contributed by atoms with Gasteiger partial charge in [0.05, 0.1) is 46.8 Å². The fourth-order valence-corrected chi connectivity index (χ4v) is 6.00. The van der Waals surface area contributed by atoms with Gasteiger partial charge in [-0.3, -0.25) is 13.9 Å². The number of halogens is 5. The van der Waals surface area contributed by atoms with Crippen LogP contribution in [-0.2, 0) is 31.6 Å². The highest BCUT2D eigenvalue weighted by molar-refractivity contribution is 6.39. The van der Waals surface area contributed by atoms with Gasteiger partial charge in [-0.2, -0.15) is 13.2 Å². The van der Waals surface area contributed by atoms with Crippen molar-refractivity contribution in [2.45, 2.75) is 45.5 Å². The molecule has 1 unspecified atom stereocenters. The van der Waals surface area contributed by atoms with E-state index < -0.39 is 28.9 Å². The number of fused-ring (bicyclic) bond motifs is 1. The van der Waals surface area contributed by atoms with E-state index in [0.717, 1.165) is 28.6 Å². The number of hydrogen-bond donors (Lipinski definition) is 3. The zero-order valence-corrected chi connectivity index (χ0v) is 30.7. The van der Waals surface area contributed by atoms with Crippen molar-refractivity contribution in [3.63, 3.8) is 0 Å². The molecule has 11 nitrogen and oxygen atoms in total. The second kappa shape index (κ2) is 17.4. The number of nitrogens with two attached hydrogens (primary N) is 1. The summed E-state index contributed by atoms with van der Waals surface area (Å²) >= 11 is 13.7. The third-order valence-corrected chi connectivity index (χ3v) is 8.86. The molecule has 16 heteroatoms. The third kappa shape index (κ3) is 8.59. The molecule has 0 aliphatic carbocycles. The quantitative estimate of drug-likeness (QED) is 0.165. The van der Waals surface area contributed by atoms with Gasteiger partial charge in [0.2, 0.25) is 5.88 Å². The summed E-state index contributed by atoms with van der Waals surface area (Å²) in [5.74, 6) is -0.0635. The molecule has 0 radical (unpaired) electrons. The predicted molar refractivity (Wildman–Crippen MR) is 197 cm³/mol. The van der Waals surface area contributed by atoms with Crippen molar-refractivity contribution >= 4 is 45.6 Å². The molecule has 1 aliphatic rings. The molecule has 0 bridgehead atoms. The Hall–Kier alpha value is -4.47. The molecule has 0 amide bonds. The number of benzene rings is 2. The number of hydrogen-bond acceptors (Lipinski definition) is 9. The van der Waals surface area contributed by atoms with E-state index in [2.05, 4.69) is 15.3 Å². The summed E-state index contributed by atoms with van der Waals surface area (Å²) in [5, 5.41) is 11.8. The lowest BCUT2D eigenvalue weighted by atomic mass is 10.00. The number of alkyl halides is 3. The Kier molecular flexibility index (Phi) is 13.5. The molecule has 1 atom stereocenters.